The molecule has 0 spiro atoms. The summed E-state index contributed by atoms with van der Waals surface area (Å²) in [5, 5.41) is 0.114. The molecule has 3 N–H and O–H groups in total. The molecule has 0 aliphatic heterocycles. The smallest absolute Gasteiger partial charge is 0.263 e. The highest BCUT2D eigenvalue weighted by Crippen LogP contribution is 2.34. The molecule has 0 heterocycles. The van der Waals surface area contributed by atoms with Crippen molar-refractivity contribution in [1.82, 2.24) is 0 Å². The van der Waals surface area contributed by atoms with Gasteiger partial charge >= 0.3 is 0 Å². The lowest BCUT2D eigenvalue weighted by atomic mass is 10.2. The van der Waals surface area contributed by atoms with E-state index >= 15 is 0 Å². The number of nitrogen functional groups attached to an aromatic ring is 1. The third-order valence-electron chi connectivity index (χ3n) is 2.81. The van der Waals surface area contributed by atoms with E-state index in [0.717, 1.165) is 10.0 Å². The summed E-state index contributed by atoms with van der Waals surface area (Å²) in [4.78, 5) is -0.117. The number of aryl methyl sites for hydroxylation is 1. The minimum atomic E-state index is -3.85. The van der Waals surface area contributed by atoms with E-state index in [1.165, 1.54) is 12.1 Å². The molecule has 2 rings (SSSR count). The highest BCUT2D eigenvalue weighted by atomic mass is 79.9. The third kappa shape index (κ3) is 3.45. The summed E-state index contributed by atoms with van der Waals surface area (Å²) in [5.41, 5.74) is 6.93. The first-order valence-electron chi connectivity index (χ1n) is 5.75. The van der Waals surface area contributed by atoms with Crippen molar-refractivity contribution in [3.63, 3.8) is 0 Å². The SMILES string of the molecule is Cc1cc(Br)ccc1NS(=O)(=O)c1ccc(Cl)c(N)c1Cl. The van der Waals surface area contributed by atoms with Crippen molar-refractivity contribution in [3.05, 3.63) is 50.4 Å². The van der Waals surface area contributed by atoms with Gasteiger partial charge in [-0.2, -0.15) is 0 Å². The maximum atomic E-state index is 12.4. The Hall–Kier alpha value is -0.950. The first-order valence-corrected chi connectivity index (χ1v) is 8.78. The molecule has 0 amide bonds. The van der Waals surface area contributed by atoms with E-state index in [-0.39, 0.29) is 20.6 Å². The quantitative estimate of drug-likeness (QED) is 0.735. The fourth-order valence-electron chi connectivity index (χ4n) is 1.70. The molecule has 8 heteroatoms. The molecule has 2 aromatic carbocycles. The lowest BCUT2D eigenvalue weighted by Crippen LogP contribution is -2.14. The van der Waals surface area contributed by atoms with Gasteiger partial charge in [0.25, 0.3) is 10.0 Å². The molecule has 0 fully saturated rings. The third-order valence-corrected chi connectivity index (χ3v) is 5.56. The Morgan fingerprint density at radius 2 is 1.86 bits per heavy atom. The van der Waals surface area contributed by atoms with E-state index in [0.29, 0.717) is 5.69 Å². The van der Waals surface area contributed by atoms with E-state index in [2.05, 4.69) is 20.7 Å². The second-order valence-electron chi connectivity index (χ2n) is 4.34. The van der Waals surface area contributed by atoms with Gasteiger partial charge in [0.2, 0.25) is 0 Å². The Balaban J connectivity index is 2.46. The molecule has 112 valence electrons. The molecule has 0 saturated carbocycles. The second-order valence-corrected chi connectivity index (χ2v) is 7.69. The van der Waals surface area contributed by atoms with Gasteiger partial charge in [0.1, 0.15) is 4.90 Å². The molecule has 0 saturated heterocycles. The van der Waals surface area contributed by atoms with Gasteiger partial charge in [-0.05, 0) is 42.8 Å². The Kier molecular flexibility index (Phi) is 4.72. The van der Waals surface area contributed by atoms with Gasteiger partial charge in [-0.15, -0.1) is 0 Å². The minimum absolute atomic E-state index is 0.0359. The van der Waals surface area contributed by atoms with Crippen LogP contribution in [0.3, 0.4) is 0 Å². The van der Waals surface area contributed by atoms with Gasteiger partial charge in [0.05, 0.1) is 21.4 Å². The second kappa shape index (κ2) is 6.04. The molecular formula is C13H11BrCl2N2O2S. The number of sulfonamides is 1. The number of rotatable bonds is 3. The monoisotopic (exact) mass is 408 g/mol. The van der Waals surface area contributed by atoms with Gasteiger partial charge in [-0.1, -0.05) is 39.1 Å². The Morgan fingerprint density at radius 1 is 1.19 bits per heavy atom. The van der Waals surface area contributed by atoms with Crippen LogP contribution in [-0.4, -0.2) is 8.42 Å². The molecular weight excluding hydrogens is 399 g/mol. The predicted molar refractivity (Wildman–Crippen MR) is 90.6 cm³/mol. The summed E-state index contributed by atoms with van der Waals surface area (Å²) in [7, 11) is -3.85. The van der Waals surface area contributed by atoms with Crippen LogP contribution in [0.5, 0.6) is 0 Å². The summed E-state index contributed by atoms with van der Waals surface area (Å²) in [6, 6.07) is 7.91. The molecule has 0 unspecified atom stereocenters. The van der Waals surface area contributed by atoms with E-state index in [1.54, 1.807) is 25.1 Å². The first-order chi connectivity index (χ1) is 9.72. The van der Waals surface area contributed by atoms with Crippen molar-refractivity contribution in [3.8, 4) is 0 Å². The Bertz CT molecular complexity index is 810. The van der Waals surface area contributed by atoms with Crippen LogP contribution in [0.15, 0.2) is 39.7 Å². The summed E-state index contributed by atoms with van der Waals surface area (Å²) >= 11 is 15.1. The van der Waals surface area contributed by atoms with Gasteiger partial charge in [-0.25, -0.2) is 8.42 Å². The van der Waals surface area contributed by atoms with Crippen LogP contribution in [0.25, 0.3) is 0 Å². The van der Waals surface area contributed by atoms with Crippen LogP contribution in [0.2, 0.25) is 10.0 Å². The van der Waals surface area contributed by atoms with Crippen molar-refractivity contribution in [1.29, 1.82) is 0 Å². The van der Waals surface area contributed by atoms with Crippen molar-refractivity contribution < 1.29 is 8.42 Å². The molecule has 0 bridgehead atoms. The van der Waals surface area contributed by atoms with Gasteiger partial charge in [0.15, 0.2) is 0 Å². The van der Waals surface area contributed by atoms with E-state index < -0.39 is 10.0 Å². The van der Waals surface area contributed by atoms with E-state index in [9.17, 15) is 8.42 Å². The molecule has 2 aromatic rings. The average molecular weight is 410 g/mol. The maximum Gasteiger partial charge on any atom is 0.263 e. The predicted octanol–water partition coefficient (Wildman–Crippen LogP) is 4.45. The average Bonchev–Trinajstić information content (AvgIpc) is 2.39. The molecule has 0 aliphatic rings. The summed E-state index contributed by atoms with van der Waals surface area (Å²) in [6.45, 7) is 1.79. The first kappa shape index (κ1) is 16.4. The van der Waals surface area contributed by atoms with Crippen LogP contribution in [0.1, 0.15) is 5.56 Å². The highest BCUT2D eigenvalue weighted by Gasteiger charge is 2.21. The molecule has 0 aromatic heterocycles. The van der Waals surface area contributed by atoms with E-state index in [1.807, 2.05) is 0 Å². The zero-order chi connectivity index (χ0) is 15.8. The summed E-state index contributed by atoms with van der Waals surface area (Å²) in [5.74, 6) is 0. The minimum Gasteiger partial charge on any atom is -0.396 e. The molecule has 0 aliphatic carbocycles. The van der Waals surface area contributed by atoms with Crippen LogP contribution in [0, 0.1) is 6.92 Å². The lowest BCUT2D eigenvalue weighted by Gasteiger charge is -2.13. The van der Waals surface area contributed by atoms with Crippen molar-refractivity contribution >= 4 is 60.5 Å². The topological polar surface area (TPSA) is 72.2 Å². The number of nitrogens with one attached hydrogen (secondary N) is 1. The van der Waals surface area contributed by atoms with Gasteiger partial charge in [0, 0.05) is 4.47 Å². The van der Waals surface area contributed by atoms with Gasteiger partial charge in [-0.3, -0.25) is 4.72 Å². The van der Waals surface area contributed by atoms with Crippen LogP contribution in [-0.2, 0) is 10.0 Å². The maximum absolute atomic E-state index is 12.4. The van der Waals surface area contributed by atoms with Gasteiger partial charge < -0.3 is 5.73 Å². The number of hydrogen-bond donors (Lipinski definition) is 2. The number of benzene rings is 2. The van der Waals surface area contributed by atoms with Crippen molar-refractivity contribution in [2.75, 3.05) is 10.5 Å². The van der Waals surface area contributed by atoms with Crippen LogP contribution < -0.4 is 10.5 Å². The molecule has 0 radical (unpaired) electrons. The number of nitrogens with two attached hydrogens (primary N) is 1. The zero-order valence-corrected chi connectivity index (χ0v) is 14.7. The normalized spacial score (nSPS) is 11.4. The molecule has 4 nitrogen and oxygen atoms in total. The largest absolute Gasteiger partial charge is 0.396 e. The van der Waals surface area contributed by atoms with E-state index in [4.69, 9.17) is 28.9 Å². The highest BCUT2D eigenvalue weighted by molar-refractivity contribution is 9.10. The zero-order valence-electron chi connectivity index (χ0n) is 10.8. The van der Waals surface area contributed by atoms with Crippen molar-refractivity contribution in [2.24, 2.45) is 0 Å². The number of halogens is 3. The van der Waals surface area contributed by atoms with Crippen LogP contribution >= 0.6 is 39.1 Å². The number of anilines is 2. The summed E-state index contributed by atoms with van der Waals surface area (Å²) in [6.07, 6.45) is 0. The standard InChI is InChI=1S/C13H11BrCl2N2O2S/c1-7-6-8(14)2-4-10(7)18-21(19,20)11-5-3-9(15)13(17)12(11)16/h2-6,18H,17H2,1H3. The number of hydrogen-bond acceptors (Lipinski definition) is 3. The van der Waals surface area contributed by atoms with Crippen molar-refractivity contribution in [2.45, 2.75) is 11.8 Å². The lowest BCUT2D eigenvalue weighted by molar-refractivity contribution is 0.601. The fourth-order valence-corrected chi connectivity index (χ4v) is 4.07. The van der Waals surface area contributed by atoms with Crippen LogP contribution in [0.4, 0.5) is 11.4 Å². The summed E-state index contributed by atoms with van der Waals surface area (Å²) < 4.78 is 28.2. The Morgan fingerprint density at radius 3 is 2.48 bits per heavy atom. The fraction of sp³-hybridized carbons (Fsp3) is 0.0769. The molecule has 0 atom stereocenters. The Labute approximate surface area is 141 Å². The molecule has 21 heavy (non-hydrogen) atoms.